The second-order valence-electron chi connectivity index (χ2n) is 13.0. The summed E-state index contributed by atoms with van der Waals surface area (Å²) < 4.78 is 31.0. The molecule has 3 N–H and O–H groups in total. The van der Waals surface area contributed by atoms with Crippen LogP contribution in [0.25, 0.3) is 0 Å². The number of methoxy groups -OCH3 is 1. The normalized spacial score (nSPS) is 25.7. The fraction of sp³-hybridized carbons (Fsp3) is 0.514. The van der Waals surface area contributed by atoms with Gasteiger partial charge in [-0.2, -0.15) is 0 Å². The van der Waals surface area contributed by atoms with Gasteiger partial charge in [-0.1, -0.05) is 12.1 Å². The number of ether oxygens (including phenoxy) is 5. The predicted molar refractivity (Wildman–Crippen MR) is 168 cm³/mol. The number of phenolic OH excluding ortho intramolecular Hbond substituents is 1. The van der Waals surface area contributed by atoms with Crippen LogP contribution < -0.4 is 18.9 Å². The minimum atomic E-state index is -0.908. The lowest BCUT2D eigenvalue weighted by atomic mass is 9.71. The third-order valence-corrected chi connectivity index (χ3v) is 10.0. The maximum atomic E-state index is 12.2. The lowest BCUT2D eigenvalue weighted by molar-refractivity contribution is -0.0894. The largest absolute Gasteiger partial charge is 0.508 e. The first kappa shape index (κ1) is 30.2. The smallest absolute Gasteiger partial charge is 0.128 e. The molecule has 7 rings (SSSR count). The molecular formula is C37H44O8. The summed E-state index contributed by atoms with van der Waals surface area (Å²) in [4.78, 5) is 0. The highest BCUT2D eigenvalue weighted by molar-refractivity contribution is 5.54. The third kappa shape index (κ3) is 6.08. The van der Waals surface area contributed by atoms with Crippen molar-refractivity contribution >= 4 is 0 Å². The minimum Gasteiger partial charge on any atom is -0.508 e. The van der Waals surface area contributed by atoms with Crippen molar-refractivity contribution in [3.05, 3.63) is 76.3 Å². The fourth-order valence-electron chi connectivity index (χ4n) is 7.89. The molecule has 0 aromatic heterocycles. The number of hydrogen-bond acceptors (Lipinski definition) is 8. The fourth-order valence-corrected chi connectivity index (χ4v) is 7.89. The zero-order valence-corrected chi connectivity index (χ0v) is 26.0. The van der Waals surface area contributed by atoms with Gasteiger partial charge in [0.15, 0.2) is 0 Å². The predicted octanol–water partition coefficient (Wildman–Crippen LogP) is 6.21. The van der Waals surface area contributed by atoms with Gasteiger partial charge in [0.2, 0.25) is 0 Å². The van der Waals surface area contributed by atoms with Gasteiger partial charge in [0.25, 0.3) is 0 Å². The molecular weight excluding hydrogens is 572 g/mol. The topological polar surface area (TPSA) is 107 Å². The number of aromatic hydroxyl groups is 1. The van der Waals surface area contributed by atoms with Crippen LogP contribution in [0.2, 0.25) is 0 Å². The van der Waals surface area contributed by atoms with Gasteiger partial charge in [0, 0.05) is 54.2 Å². The van der Waals surface area contributed by atoms with Crippen LogP contribution in [0, 0.1) is 11.8 Å². The number of hydrogen-bond donors (Lipinski definition) is 3. The van der Waals surface area contributed by atoms with Gasteiger partial charge in [-0.05, 0) is 93.3 Å². The highest BCUT2D eigenvalue weighted by Crippen LogP contribution is 2.53. The molecule has 0 bridgehead atoms. The SMILES string of the molecule is COCCC[C@H]1Oc2ccc3c(c2[C@H](O)[C@@H]1[C@H]1COc2c(Cc4cccc(O)c4)cc(OC4CCCC4)cc2[C@H]1O)CCCO3. The van der Waals surface area contributed by atoms with Crippen molar-refractivity contribution in [2.45, 2.75) is 82.2 Å². The molecule has 0 unspecified atom stereocenters. The van der Waals surface area contributed by atoms with E-state index < -0.39 is 24.0 Å². The quantitative estimate of drug-likeness (QED) is 0.244. The Morgan fingerprint density at radius 3 is 2.60 bits per heavy atom. The van der Waals surface area contributed by atoms with E-state index in [1.54, 1.807) is 19.2 Å². The summed E-state index contributed by atoms with van der Waals surface area (Å²) >= 11 is 0. The zero-order chi connectivity index (χ0) is 30.9. The van der Waals surface area contributed by atoms with Crippen LogP contribution >= 0.6 is 0 Å². The van der Waals surface area contributed by atoms with Crippen LogP contribution in [0.1, 0.15) is 85.0 Å². The van der Waals surface area contributed by atoms with Crippen LogP contribution in [-0.4, -0.2) is 54.5 Å². The second-order valence-corrected chi connectivity index (χ2v) is 13.0. The Balaban J connectivity index is 1.25. The molecule has 5 atom stereocenters. The molecule has 1 saturated carbocycles. The van der Waals surface area contributed by atoms with Crippen LogP contribution in [0.5, 0.6) is 28.7 Å². The van der Waals surface area contributed by atoms with E-state index in [0.29, 0.717) is 48.9 Å². The number of rotatable bonds is 9. The molecule has 1 aliphatic carbocycles. The second kappa shape index (κ2) is 13.1. The summed E-state index contributed by atoms with van der Waals surface area (Å²) in [5.41, 5.74) is 4.29. The molecule has 8 heteroatoms. The lowest BCUT2D eigenvalue weighted by Crippen LogP contribution is -2.46. The number of aliphatic hydroxyl groups excluding tert-OH is 2. The van der Waals surface area contributed by atoms with Crippen molar-refractivity contribution in [1.82, 2.24) is 0 Å². The van der Waals surface area contributed by atoms with Crippen LogP contribution in [-0.2, 0) is 17.6 Å². The van der Waals surface area contributed by atoms with Gasteiger partial charge in [-0.3, -0.25) is 0 Å². The Morgan fingerprint density at radius 1 is 0.933 bits per heavy atom. The molecule has 8 nitrogen and oxygen atoms in total. The first-order valence-corrected chi connectivity index (χ1v) is 16.5. The minimum absolute atomic E-state index is 0.151. The molecule has 45 heavy (non-hydrogen) atoms. The van der Waals surface area contributed by atoms with E-state index in [1.165, 1.54) is 0 Å². The maximum absolute atomic E-state index is 12.2. The zero-order valence-electron chi connectivity index (χ0n) is 26.0. The molecule has 3 aromatic carbocycles. The number of phenols is 1. The molecule has 3 aliphatic heterocycles. The monoisotopic (exact) mass is 616 g/mol. The highest BCUT2D eigenvalue weighted by atomic mass is 16.5. The Labute approximate surface area is 264 Å². The van der Waals surface area contributed by atoms with Crippen molar-refractivity contribution in [3.8, 4) is 28.7 Å². The first-order valence-electron chi connectivity index (χ1n) is 16.5. The Kier molecular flexibility index (Phi) is 8.80. The van der Waals surface area contributed by atoms with Gasteiger partial charge >= 0.3 is 0 Å². The van der Waals surface area contributed by atoms with Gasteiger partial charge < -0.3 is 39.0 Å². The van der Waals surface area contributed by atoms with Gasteiger partial charge in [-0.25, -0.2) is 0 Å². The van der Waals surface area contributed by atoms with E-state index in [-0.39, 0.29) is 24.6 Å². The maximum Gasteiger partial charge on any atom is 0.128 e. The van der Waals surface area contributed by atoms with Crippen molar-refractivity contribution in [1.29, 1.82) is 0 Å². The average Bonchev–Trinajstić information content (AvgIpc) is 3.55. The van der Waals surface area contributed by atoms with Crippen molar-refractivity contribution in [3.63, 3.8) is 0 Å². The molecule has 240 valence electrons. The van der Waals surface area contributed by atoms with Crippen LogP contribution in [0.15, 0.2) is 48.5 Å². The molecule has 0 spiro atoms. The molecule has 4 aliphatic rings. The number of fused-ring (bicyclic) bond motifs is 4. The molecule has 3 aromatic rings. The van der Waals surface area contributed by atoms with E-state index in [9.17, 15) is 15.3 Å². The summed E-state index contributed by atoms with van der Waals surface area (Å²) in [6.45, 7) is 1.48. The van der Waals surface area contributed by atoms with Gasteiger partial charge in [0.05, 0.1) is 31.5 Å². The Bertz CT molecular complexity index is 1500. The van der Waals surface area contributed by atoms with E-state index in [4.69, 9.17) is 23.7 Å². The van der Waals surface area contributed by atoms with Crippen molar-refractivity contribution < 1.29 is 39.0 Å². The summed E-state index contributed by atoms with van der Waals surface area (Å²) in [5, 5.41) is 34.5. The van der Waals surface area contributed by atoms with Crippen molar-refractivity contribution in [2.75, 3.05) is 26.9 Å². The van der Waals surface area contributed by atoms with Crippen molar-refractivity contribution in [2.24, 2.45) is 11.8 Å². The van der Waals surface area contributed by atoms with Crippen LogP contribution in [0.3, 0.4) is 0 Å². The summed E-state index contributed by atoms with van der Waals surface area (Å²) in [5.74, 6) is 2.22. The first-order chi connectivity index (χ1) is 22.0. The summed E-state index contributed by atoms with van der Waals surface area (Å²) in [6, 6.07) is 15.0. The van der Waals surface area contributed by atoms with Gasteiger partial charge in [-0.15, -0.1) is 0 Å². The molecule has 1 fully saturated rings. The van der Waals surface area contributed by atoms with E-state index in [0.717, 1.165) is 72.9 Å². The number of aliphatic hydroxyl groups is 2. The third-order valence-electron chi connectivity index (χ3n) is 10.0. The summed E-state index contributed by atoms with van der Waals surface area (Å²) in [6.07, 6.45) is 6.04. The number of benzene rings is 3. The Morgan fingerprint density at radius 2 is 1.78 bits per heavy atom. The summed E-state index contributed by atoms with van der Waals surface area (Å²) in [7, 11) is 1.69. The van der Waals surface area contributed by atoms with E-state index >= 15 is 0 Å². The van der Waals surface area contributed by atoms with Gasteiger partial charge in [0.1, 0.15) is 34.9 Å². The molecule has 0 amide bonds. The van der Waals surface area contributed by atoms with E-state index in [1.807, 2.05) is 36.4 Å². The van der Waals surface area contributed by atoms with Crippen LogP contribution in [0.4, 0.5) is 0 Å². The van der Waals surface area contributed by atoms with E-state index in [2.05, 4.69) is 0 Å². The standard InChI is InChI=1S/C37H44O8/c1-41-15-6-12-31-34(36(40)33-27-11-5-16-42-30(27)13-14-32(33)45-31)29-21-43-37-23(17-22-7-4-8-24(38)18-22)19-26(20-28(37)35(29)39)44-25-9-2-3-10-25/h4,7-8,13-14,18-20,25,29,31,34-36,38-40H,2-3,5-6,9-12,15-17,21H2,1H3/t29-,31-,34-,35-,36+/m1/s1. The Hall–Kier alpha value is -3.46. The lowest BCUT2D eigenvalue weighted by Gasteiger charge is -2.45. The molecule has 3 heterocycles. The highest BCUT2D eigenvalue weighted by Gasteiger charge is 2.48. The molecule has 0 radical (unpaired) electrons. The molecule has 0 saturated heterocycles. The average molecular weight is 617 g/mol.